The molecule has 0 aromatic carbocycles. The van der Waals surface area contributed by atoms with Gasteiger partial charge in [-0.3, -0.25) is 0 Å². The highest BCUT2D eigenvalue weighted by Crippen LogP contribution is 2.14. The van der Waals surface area contributed by atoms with E-state index in [1.165, 1.54) is 0 Å². The Morgan fingerprint density at radius 3 is 2.33 bits per heavy atom. The third-order valence-corrected chi connectivity index (χ3v) is 5.34. The molecule has 5 nitrogen and oxygen atoms in total. The fourth-order valence-electron chi connectivity index (χ4n) is 1.86. The molecule has 1 heterocycles. The first kappa shape index (κ1) is 15.9. The van der Waals surface area contributed by atoms with E-state index >= 15 is 0 Å². The minimum Gasteiger partial charge on any atom is -0.317 e. The zero-order chi connectivity index (χ0) is 13.8. The van der Waals surface area contributed by atoms with Crippen LogP contribution in [0.5, 0.6) is 0 Å². The van der Waals surface area contributed by atoms with Crippen LogP contribution in [-0.2, 0) is 10.0 Å². The summed E-state index contributed by atoms with van der Waals surface area (Å²) in [5.74, 6) is 0.560. The Morgan fingerprint density at radius 1 is 1.28 bits per heavy atom. The van der Waals surface area contributed by atoms with Crippen molar-refractivity contribution in [3.63, 3.8) is 0 Å². The summed E-state index contributed by atoms with van der Waals surface area (Å²) < 4.78 is 26.8. The van der Waals surface area contributed by atoms with Gasteiger partial charge in [0.05, 0.1) is 5.75 Å². The van der Waals surface area contributed by atoms with Crippen molar-refractivity contribution < 1.29 is 8.42 Å². The van der Waals surface area contributed by atoms with E-state index in [0.717, 1.165) is 25.9 Å². The summed E-state index contributed by atoms with van der Waals surface area (Å²) in [6.07, 6.45) is 1.91. The molecule has 0 aliphatic carbocycles. The summed E-state index contributed by atoms with van der Waals surface area (Å²) in [4.78, 5) is 2.03. The van der Waals surface area contributed by atoms with E-state index < -0.39 is 10.0 Å². The van der Waals surface area contributed by atoms with E-state index in [1.807, 2.05) is 32.8 Å². The topological polar surface area (TPSA) is 61.4 Å². The number of piperidine rings is 1. The average Bonchev–Trinajstić information content (AvgIpc) is 2.27. The Labute approximate surface area is 111 Å². The fourth-order valence-corrected chi connectivity index (χ4v) is 3.51. The number of hydrogen-bond acceptors (Lipinski definition) is 4. The Balaban J connectivity index is 2.44. The number of nitrogens with zero attached hydrogens (tertiary/aromatic N) is 1. The van der Waals surface area contributed by atoms with Gasteiger partial charge in [0.2, 0.25) is 10.0 Å². The molecule has 0 amide bonds. The Bertz CT molecular complexity index is 346. The maximum atomic E-state index is 12.0. The van der Waals surface area contributed by atoms with Gasteiger partial charge in [0.15, 0.2) is 0 Å². The molecular weight excluding hydrogens is 250 g/mol. The number of rotatable bonds is 6. The van der Waals surface area contributed by atoms with Gasteiger partial charge in [-0.1, -0.05) is 0 Å². The highest BCUT2D eigenvalue weighted by molar-refractivity contribution is 7.89. The molecule has 0 spiro atoms. The molecule has 1 aliphatic rings. The Morgan fingerprint density at radius 2 is 1.83 bits per heavy atom. The van der Waals surface area contributed by atoms with Crippen molar-refractivity contribution in [1.29, 1.82) is 0 Å². The monoisotopic (exact) mass is 277 g/mol. The van der Waals surface area contributed by atoms with Gasteiger partial charge >= 0.3 is 0 Å². The molecule has 18 heavy (non-hydrogen) atoms. The van der Waals surface area contributed by atoms with E-state index in [2.05, 4.69) is 10.0 Å². The van der Waals surface area contributed by atoms with Crippen LogP contribution in [0.15, 0.2) is 0 Å². The molecule has 1 rings (SSSR count). The van der Waals surface area contributed by atoms with Gasteiger partial charge < -0.3 is 10.2 Å². The van der Waals surface area contributed by atoms with Gasteiger partial charge in [0.25, 0.3) is 0 Å². The molecule has 1 aliphatic heterocycles. The molecular formula is C12H27N3O2S. The normalized spacial score (nSPS) is 19.4. The smallest absolute Gasteiger partial charge is 0.211 e. The van der Waals surface area contributed by atoms with Crippen LogP contribution in [0.3, 0.4) is 0 Å². The lowest BCUT2D eigenvalue weighted by Crippen LogP contribution is -2.49. The summed E-state index contributed by atoms with van der Waals surface area (Å²) >= 11 is 0. The first-order valence-corrected chi connectivity index (χ1v) is 8.24. The molecule has 108 valence electrons. The third kappa shape index (κ3) is 5.22. The second-order valence-corrected chi connectivity index (χ2v) is 7.85. The fraction of sp³-hybridized carbons (Fsp3) is 1.00. The molecule has 1 saturated heterocycles. The molecule has 1 fully saturated rings. The van der Waals surface area contributed by atoms with Crippen molar-refractivity contribution >= 4 is 10.0 Å². The number of nitrogens with one attached hydrogen (secondary N) is 2. The molecule has 0 aromatic rings. The van der Waals surface area contributed by atoms with Crippen molar-refractivity contribution in [1.82, 2.24) is 14.9 Å². The lowest BCUT2D eigenvalue weighted by atomic mass is 10.0. The van der Waals surface area contributed by atoms with Gasteiger partial charge in [-0.05, 0) is 59.8 Å². The predicted octanol–water partition coefficient (Wildman–Crippen LogP) is 0.246. The summed E-state index contributed by atoms with van der Waals surface area (Å²) in [7, 11) is 0.766. The number of likely N-dealkylation sites (N-methyl/N-ethyl adjacent to an activating group) is 1. The Hall–Kier alpha value is -0.170. The second kappa shape index (κ2) is 6.32. The van der Waals surface area contributed by atoms with E-state index in [0.29, 0.717) is 12.5 Å². The van der Waals surface area contributed by atoms with Crippen molar-refractivity contribution in [3.8, 4) is 0 Å². The van der Waals surface area contributed by atoms with Gasteiger partial charge in [0.1, 0.15) is 0 Å². The maximum absolute atomic E-state index is 12.0. The van der Waals surface area contributed by atoms with Crippen LogP contribution >= 0.6 is 0 Å². The summed E-state index contributed by atoms with van der Waals surface area (Å²) in [6, 6.07) is 0. The highest BCUT2D eigenvalue weighted by atomic mass is 32.2. The molecule has 6 heteroatoms. The van der Waals surface area contributed by atoms with Crippen LogP contribution < -0.4 is 10.0 Å². The highest BCUT2D eigenvalue weighted by Gasteiger charge is 2.25. The van der Waals surface area contributed by atoms with Crippen LogP contribution in [0.25, 0.3) is 0 Å². The van der Waals surface area contributed by atoms with Crippen LogP contribution in [0.4, 0.5) is 0 Å². The van der Waals surface area contributed by atoms with Crippen molar-refractivity contribution in [2.24, 2.45) is 5.92 Å². The largest absolute Gasteiger partial charge is 0.317 e. The maximum Gasteiger partial charge on any atom is 0.211 e. The average molecular weight is 277 g/mol. The van der Waals surface area contributed by atoms with Crippen LogP contribution in [0, 0.1) is 5.92 Å². The lowest BCUT2D eigenvalue weighted by molar-refractivity contribution is 0.198. The molecule has 2 N–H and O–H groups in total. The summed E-state index contributed by atoms with van der Waals surface area (Å²) in [5, 5.41) is 3.25. The molecule has 0 unspecified atom stereocenters. The van der Waals surface area contributed by atoms with Crippen LogP contribution in [-0.4, -0.2) is 58.3 Å². The summed E-state index contributed by atoms with van der Waals surface area (Å²) in [6.45, 7) is 6.38. The second-order valence-electron chi connectivity index (χ2n) is 6.00. The lowest BCUT2D eigenvalue weighted by Gasteiger charge is -2.33. The third-order valence-electron chi connectivity index (χ3n) is 3.85. The number of sulfonamides is 1. The van der Waals surface area contributed by atoms with Gasteiger partial charge in [-0.2, -0.15) is 0 Å². The van der Waals surface area contributed by atoms with Crippen LogP contribution in [0.2, 0.25) is 0 Å². The van der Waals surface area contributed by atoms with Crippen molar-refractivity contribution in [2.45, 2.75) is 32.2 Å². The minimum atomic E-state index is -3.15. The van der Waals surface area contributed by atoms with Gasteiger partial charge in [-0.15, -0.1) is 0 Å². The first-order chi connectivity index (χ1) is 8.23. The van der Waals surface area contributed by atoms with Gasteiger partial charge in [-0.25, -0.2) is 13.1 Å². The van der Waals surface area contributed by atoms with E-state index in [-0.39, 0.29) is 11.3 Å². The van der Waals surface area contributed by atoms with Crippen molar-refractivity contribution in [3.05, 3.63) is 0 Å². The van der Waals surface area contributed by atoms with Gasteiger partial charge in [0, 0.05) is 12.1 Å². The molecule has 0 bridgehead atoms. The predicted molar refractivity (Wildman–Crippen MR) is 75.1 cm³/mol. The zero-order valence-corrected chi connectivity index (χ0v) is 12.8. The molecule has 0 saturated carbocycles. The van der Waals surface area contributed by atoms with E-state index in [9.17, 15) is 8.42 Å². The van der Waals surface area contributed by atoms with Crippen LogP contribution in [0.1, 0.15) is 26.7 Å². The first-order valence-electron chi connectivity index (χ1n) is 6.58. The number of hydrogen-bond donors (Lipinski definition) is 2. The van der Waals surface area contributed by atoms with E-state index in [1.54, 1.807) is 0 Å². The Kier molecular flexibility index (Phi) is 5.58. The molecule has 0 radical (unpaired) electrons. The molecule has 0 atom stereocenters. The molecule has 0 aromatic heterocycles. The zero-order valence-electron chi connectivity index (χ0n) is 12.0. The minimum absolute atomic E-state index is 0.165. The standard InChI is InChI=1S/C12H27N3O2S/c1-12(2,15(3)4)10-14-18(16,17)9-11-5-7-13-8-6-11/h11,13-14H,5-10H2,1-4H3. The SMILES string of the molecule is CN(C)C(C)(C)CNS(=O)(=O)CC1CCNCC1. The quantitative estimate of drug-likeness (QED) is 0.730. The van der Waals surface area contributed by atoms with E-state index in [4.69, 9.17) is 0 Å². The summed E-state index contributed by atoms with van der Waals surface area (Å²) in [5.41, 5.74) is -0.165. The van der Waals surface area contributed by atoms with Crippen molar-refractivity contribution in [2.75, 3.05) is 39.5 Å².